The maximum Gasteiger partial charge on any atom is 0.343 e. The first-order chi connectivity index (χ1) is 23.0. The number of imide groups is 2. The van der Waals surface area contributed by atoms with Gasteiger partial charge < -0.3 is 9.30 Å². The van der Waals surface area contributed by atoms with Crippen LogP contribution in [0, 0.1) is 34.1 Å². The number of aryl methyl sites for hydroxylation is 1. The molecule has 0 spiro atoms. The fraction of sp³-hybridized carbons (Fsp3) is 0.0571. The van der Waals surface area contributed by atoms with E-state index in [-0.39, 0.29) is 17.1 Å². The zero-order valence-electron chi connectivity index (χ0n) is 25.5. The molecule has 1 aliphatic heterocycles. The van der Waals surface area contributed by atoms with Crippen LogP contribution in [0.25, 0.3) is 11.8 Å². The number of carbonyl (C=O) groups excluding carboxylic acids is 3. The van der Waals surface area contributed by atoms with Crippen LogP contribution in [0.1, 0.15) is 17.0 Å². The molecule has 4 amide bonds. The van der Waals surface area contributed by atoms with E-state index >= 15 is 0 Å². The van der Waals surface area contributed by atoms with Gasteiger partial charge in [0.1, 0.15) is 11.3 Å². The molecule has 0 radical (unpaired) electrons. The van der Waals surface area contributed by atoms with Crippen LogP contribution in [-0.2, 0) is 9.59 Å². The molecule has 5 aromatic rings. The van der Waals surface area contributed by atoms with Crippen molar-refractivity contribution < 1.29 is 29.0 Å². The van der Waals surface area contributed by atoms with Crippen molar-refractivity contribution in [3.05, 3.63) is 152 Å². The van der Waals surface area contributed by atoms with Crippen LogP contribution in [-0.4, -0.2) is 32.3 Å². The Bertz CT molecular complexity index is 2080. The third-order valence-corrected chi connectivity index (χ3v) is 7.72. The van der Waals surface area contributed by atoms with Gasteiger partial charge in [0.25, 0.3) is 17.5 Å². The van der Waals surface area contributed by atoms with Crippen molar-refractivity contribution in [3.8, 4) is 17.2 Å². The SMILES string of the molecule is Cc1cc(C=C2C(=O)N(c3ccccc3)C(=O)N(c3ccccc3)C2=O)c(C)n1-c1ccc(Oc2ccc([N+](=O)[O-])cc2[N+](=O)[O-])cc1. The van der Waals surface area contributed by atoms with Crippen molar-refractivity contribution in [1.82, 2.24) is 4.57 Å². The molecule has 0 saturated carbocycles. The summed E-state index contributed by atoms with van der Waals surface area (Å²) in [7, 11) is 0. The van der Waals surface area contributed by atoms with Gasteiger partial charge in [-0.2, -0.15) is 0 Å². The van der Waals surface area contributed by atoms with Crippen LogP contribution in [0.4, 0.5) is 27.5 Å². The summed E-state index contributed by atoms with van der Waals surface area (Å²) in [4.78, 5) is 64.3. The monoisotopic (exact) mass is 643 g/mol. The smallest absolute Gasteiger partial charge is 0.343 e. The van der Waals surface area contributed by atoms with Gasteiger partial charge in [0, 0.05) is 23.1 Å². The molecular formula is C35H25N5O8. The number of non-ortho nitro benzene ring substituents is 1. The predicted octanol–water partition coefficient (Wildman–Crippen LogP) is 7.29. The van der Waals surface area contributed by atoms with E-state index in [1.165, 1.54) is 12.1 Å². The molecule has 0 aliphatic carbocycles. The molecule has 48 heavy (non-hydrogen) atoms. The largest absolute Gasteiger partial charge is 0.450 e. The molecule has 1 aliphatic rings. The van der Waals surface area contributed by atoms with E-state index in [0.717, 1.165) is 27.6 Å². The topological polar surface area (TPSA) is 158 Å². The van der Waals surface area contributed by atoms with Gasteiger partial charge in [-0.1, -0.05) is 36.4 Å². The van der Waals surface area contributed by atoms with E-state index in [9.17, 15) is 34.6 Å². The quantitative estimate of drug-likeness (QED) is 0.0738. The van der Waals surface area contributed by atoms with E-state index in [1.807, 2.05) is 24.5 Å². The Morgan fingerprint density at radius 1 is 0.667 bits per heavy atom. The maximum atomic E-state index is 13.8. The molecular weight excluding hydrogens is 618 g/mol. The number of hydrogen-bond acceptors (Lipinski definition) is 8. The molecule has 238 valence electrons. The van der Waals surface area contributed by atoms with Crippen molar-refractivity contribution in [3.63, 3.8) is 0 Å². The number of anilines is 2. The molecule has 13 nitrogen and oxygen atoms in total. The molecule has 6 rings (SSSR count). The van der Waals surface area contributed by atoms with Gasteiger partial charge >= 0.3 is 11.7 Å². The summed E-state index contributed by atoms with van der Waals surface area (Å²) in [5.74, 6) is -1.41. The summed E-state index contributed by atoms with van der Waals surface area (Å²) in [6, 6.07) is 27.5. The molecule has 0 unspecified atom stereocenters. The molecule has 4 aromatic carbocycles. The number of nitro benzene ring substituents is 2. The molecule has 1 fully saturated rings. The highest BCUT2D eigenvalue weighted by Crippen LogP contribution is 2.35. The van der Waals surface area contributed by atoms with Crippen molar-refractivity contribution in [2.45, 2.75) is 13.8 Å². The zero-order chi connectivity index (χ0) is 34.1. The summed E-state index contributed by atoms with van der Waals surface area (Å²) in [5.41, 5.74) is 2.18. The lowest BCUT2D eigenvalue weighted by atomic mass is 10.0. The van der Waals surface area contributed by atoms with E-state index in [1.54, 1.807) is 84.9 Å². The van der Waals surface area contributed by atoms with E-state index in [2.05, 4.69) is 0 Å². The number of ether oxygens (including phenoxy) is 1. The van der Waals surface area contributed by atoms with Crippen LogP contribution in [0.5, 0.6) is 11.5 Å². The Kier molecular flexibility index (Phi) is 8.09. The average molecular weight is 644 g/mol. The zero-order valence-corrected chi connectivity index (χ0v) is 25.5. The Hall–Kier alpha value is -6.89. The van der Waals surface area contributed by atoms with Crippen molar-refractivity contribution >= 4 is 46.7 Å². The van der Waals surface area contributed by atoms with Gasteiger partial charge in [-0.3, -0.25) is 29.8 Å². The fourth-order valence-corrected chi connectivity index (χ4v) is 5.46. The van der Waals surface area contributed by atoms with Gasteiger partial charge in [-0.15, -0.1) is 0 Å². The normalized spacial score (nSPS) is 13.1. The Morgan fingerprint density at radius 3 is 1.75 bits per heavy atom. The summed E-state index contributed by atoms with van der Waals surface area (Å²) >= 11 is 0. The average Bonchev–Trinajstić information content (AvgIpc) is 3.36. The van der Waals surface area contributed by atoms with E-state index in [4.69, 9.17) is 4.74 Å². The molecule has 1 aromatic heterocycles. The van der Waals surface area contributed by atoms with Crippen molar-refractivity contribution in [1.29, 1.82) is 0 Å². The Morgan fingerprint density at radius 2 is 1.23 bits per heavy atom. The molecule has 0 bridgehead atoms. The van der Waals surface area contributed by atoms with Crippen LogP contribution in [0.3, 0.4) is 0 Å². The molecule has 1 saturated heterocycles. The van der Waals surface area contributed by atoms with Gasteiger partial charge in [0.2, 0.25) is 5.75 Å². The van der Waals surface area contributed by atoms with E-state index < -0.39 is 39.1 Å². The van der Waals surface area contributed by atoms with Gasteiger partial charge in [-0.25, -0.2) is 14.6 Å². The highest BCUT2D eigenvalue weighted by Gasteiger charge is 2.43. The van der Waals surface area contributed by atoms with Gasteiger partial charge in [0.15, 0.2) is 0 Å². The highest BCUT2D eigenvalue weighted by molar-refractivity contribution is 6.46. The number of benzene rings is 4. The Balaban J connectivity index is 1.34. The van der Waals surface area contributed by atoms with Crippen molar-refractivity contribution in [2.75, 3.05) is 9.80 Å². The van der Waals surface area contributed by atoms with Crippen molar-refractivity contribution in [2.24, 2.45) is 0 Å². The number of hydrogen-bond donors (Lipinski definition) is 0. The summed E-state index contributed by atoms with van der Waals surface area (Å²) in [5, 5.41) is 22.6. The fourth-order valence-electron chi connectivity index (χ4n) is 5.46. The van der Waals surface area contributed by atoms with E-state index in [0.29, 0.717) is 28.3 Å². The standard InChI is InChI=1S/C35H25N5O8/c1-22-19-24(20-30-33(41)37(25-9-5-3-6-10-25)35(43)38(34(30)42)26-11-7-4-8-12-26)23(2)36(22)27-13-16-29(17-14-27)48-32-18-15-28(39(44)45)21-31(32)40(46)47/h3-21H,1-2H3. The number of nitro groups is 2. The summed E-state index contributed by atoms with van der Waals surface area (Å²) in [6.45, 7) is 3.66. The molecule has 0 atom stereocenters. The lowest BCUT2D eigenvalue weighted by Crippen LogP contribution is -2.57. The summed E-state index contributed by atoms with van der Waals surface area (Å²) in [6.07, 6.45) is 1.48. The second-order valence-corrected chi connectivity index (χ2v) is 10.7. The molecule has 2 heterocycles. The third-order valence-electron chi connectivity index (χ3n) is 7.72. The number of carbonyl (C=O) groups is 3. The maximum absolute atomic E-state index is 13.8. The lowest BCUT2D eigenvalue weighted by Gasteiger charge is -2.33. The first-order valence-corrected chi connectivity index (χ1v) is 14.5. The highest BCUT2D eigenvalue weighted by atomic mass is 16.6. The minimum absolute atomic E-state index is 0.157. The second kappa shape index (κ2) is 12.5. The molecule has 13 heteroatoms. The van der Waals surface area contributed by atoms with Gasteiger partial charge in [-0.05, 0) is 86.2 Å². The van der Waals surface area contributed by atoms with Crippen LogP contribution in [0.15, 0.2) is 115 Å². The Labute approximate surface area is 272 Å². The number of rotatable bonds is 8. The summed E-state index contributed by atoms with van der Waals surface area (Å²) < 4.78 is 7.58. The van der Waals surface area contributed by atoms with Crippen LogP contribution >= 0.6 is 0 Å². The number of amides is 4. The number of barbiturate groups is 1. The number of para-hydroxylation sites is 2. The lowest BCUT2D eigenvalue weighted by molar-refractivity contribution is -0.394. The minimum Gasteiger partial charge on any atom is -0.450 e. The number of nitrogens with zero attached hydrogens (tertiary/aromatic N) is 5. The van der Waals surface area contributed by atoms with Crippen LogP contribution < -0.4 is 14.5 Å². The second-order valence-electron chi connectivity index (χ2n) is 10.7. The third kappa shape index (κ3) is 5.67. The first-order valence-electron chi connectivity index (χ1n) is 14.5. The number of aromatic nitrogens is 1. The molecule has 0 N–H and O–H groups in total. The number of urea groups is 1. The predicted molar refractivity (Wildman–Crippen MR) is 176 cm³/mol. The minimum atomic E-state index is -0.786. The van der Waals surface area contributed by atoms with Crippen LogP contribution in [0.2, 0.25) is 0 Å². The first kappa shape index (κ1) is 31.1. The van der Waals surface area contributed by atoms with Gasteiger partial charge in [0.05, 0.1) is 27.3 Å².